The first kappa shape index (κ1) is 15.0. The predicted molar refractivity (Wildman–Crippen MR) is 84.2 cm³/mol. The fourth-order valence-electron chi connectivity index (χ4n) is 2.61. The van der Waals surface area contributed by atoms with E-state index in [0.29, 0.717) is 4.88 Å². The van der Waals surface area contributed by atoms with Crippen LogP contribution in [0.4, 0.5) is 0 Å². The van der Waals surface area contributed by atoms with E-state index in [1.54, 1.807) is 16.5 Å². The summed E-state index contributed by atoms with van der Waals surface area (Å²) in [5, 5.41) is 14.4. The number of carboxylic acids is 1. The van der Waals surface area contributed by atoms with Crippen molar-refractivity contribution in [1.29, 1.82) is 0 Å². The number of fused-ring (bicyclic) bond motifs is 1. The van der Waals surface area contributed by atoms with Crippen LogP contribution in [-0.4, -0.2) is 44.3 Å². The number of aliphatic carboxylic acids is 1. The molecule has 2 aromatic rings. The molecule has 1 fully saturated rings. The van der Waals surface area contributed by atoms with E-state index < -0.39 is 11.9 Å². The Kier molecular flexibility index (Phi) is 3.68. The Morgan fingerprint density at radius 2 is 2.23 bits per heavy atom. The van der Waals surface area contributed by atoms with Crippen molar-refractivity contribution in [2.24, 2.45) is 13.0 Å². The highest BCUT2D eigenvalue weighted by Gasteiger charge is 2.35. The molecule has 1 N–H and O–H groups in total. The Morgan fingerprint density at radius 1 is 1.55 bits per heavy atom. The van der Waals surface area contributed by atoms with E-state index in [0.717, 1.165) is 28.8 Å². The fraction of sp³-hybridized carbons (Fsp3) is 0.533. The summed E-state index contributed by atoms with van der Waals surface area (Å²) in [5.74, 6) is -1.48. The normalized spacial score (nSPS) is 16.0. The highest BCUT2D eigenvalue weighted by atomic mass is 32.1. The van der Waals surface area contributed by atoms with Gasteiger partial charge in [-0.25, -0.2) is 0 Å². The summed E-state index contributed by atoms with van der Waals surface area (Å²) in [7, 11) is 1.87. The molecule has 0 aromatic carbocycles. The number of nitrogens with zero attached hydrogens (tertiary/aromatic N) is 3. The van der Waals surface area contributed by atoms with Gasteiger partial charge in [0.05, 0.1) is 16.5 Å². The van der Waals surface area contributed by atoms with Crippen molar-refractivity contribution < 1.29 is 14.7 Å². The number of amides is 1. The lowest BCUT2D eigenvalue weighted by molar-refractivity contribution is -0.141. The number of carbonyl (C=O) groups is 2. The predicted octanol–water partition coefficient (Wildman–Crippen LogP) is 2.27. The van der Waals surface area contributed by atoms with Gasteiger partial charge in [-0.2, -0.15) is 5.10 Å². The van der Waals surface area contributed by atoms with E-state index in [4.69, 9.17) is 5.11 Å². The maximum atomic E-state index is 12.8. The number of hydrogen-bond donors (Lipinski definition) is 1. The van der Waals surface area contributed by atoms with E-state index in [-0.39, 0.29) is 18.5 Å². The second-order valence-electron chi connectivity index (χ2n) is 5.97. The Morgan fingerprint density at radius 3 is 2.77 bits per heavy atom. The van der Waals surface area contributed by atoms with Crippen molar-refractivity contribution in [3.05, 3.63) is 16.6 Å². The lowest BCUT2D eigenvalue weighted by Gasteiger charge is -2.23. The van der Waals surface area contributed by atoms with Gasteiger partial charge in [0.25, 0.3) is 5.91 Å². The number of hydrogen-bond acceptors (Lipinski definition) is 4. The number of rotatable bonds is 5. The smallest absolute Gasteiger partial charge is 0.308 e. The first-order valence-corrected chi connectivity index (χ1v) is 8.17. The van der Waals surface area contributed by atoms with E-state index in [2.05, 4.69) is 5.10 Å². The van der Waals surface area contributed by atoms with Gasteiger partial charge in [-0.05, 0) is 25.8 Å². The monoisotopic (exact) mass is 321 g/mol. The number of aromatic nitrogens is 2. The molecule has 0 spiro atoms. The lowest BCUT2D eigenvalue weighted by atomic mass is 10.1. The third-order valence-corrected chi connectivity index (χ3v) is 5.24. The molecule has 7 heteroatoms. The van der Waals surface area contributed by atoms with Crippen LogP contribution in [0, 0.1) is 12.8 Å². The Bertz CT molecular complexity index is 710. The SMILES string of the molecule is Cc1nn(C)c2sc(C(=O)N(CC(C)C(=O)O)C3CC3)cc12. The first-order valence-electron chi connectivity index (χ1n) is 7.35. The first-order chi connectivity index (χ1) is 10.4. The molecule has 0 saturated heterocycles. The summed E-state index contributed by atoms with van der Waals surface area (Å²) in [5.41, 5.74) is 0.907. The summed E-state index contributed by atoms with van der Waals surface area (Å²) in [6.07, 6.45) is 1.92. The van der Waals surface area contributed by atoms with Crippen molar-refractivity contribution in [3.8, 4) is 0 Å². The zero-order valence-corrected chi connectivity index (χ0v) is 13.7. The molecule has 3 rings (SSSR count). The van der Waals surface area contributed by atoms with Gasteiger partial charge in [0, 0.05) is 25.0 Å². The van der Waals surface area contributed by atoms with Gasteiger partial charge in [-0.15, -0.1) is 11.3 Å². The minimum absolute atomic E-state index is 0.0591. The molecule has 1 aliphatic carbocycles. The molecule has 6 nitrogen and oxygen atoms in total. The molecular formula is C15H19N3O3S. The van der Waals surface area contributed by atoms with Gasteiger partial charge in [0.1, 0.15) is 4.83 Å². The van der Waals surface area contributed by atoms with Crippen molar-refractivity contribution in [1.82, 2.24) is 14.7 Å². The number of aryl methyl sites for hydroxylation is 2. The Labute approximate surface area is 132 Å². The van der Waals surface area contributed by atoms with Crippen molar-refractivity contribution in [2.75, 3.05) is 6.54 Å². The zero-order chi connectivity index (χ0) is 16.0. The largest absolute Gasteiger partial charge is 0.481 e. The molecule has 2 aromatic heterocycles. The van der Waals surface area contributed by atoms with Crippen LogP contribution in [0.15, 0.2) is 6.07 Å². The van der Waals surface area contributed by atoms with Crippen LogP contribution in [0.5, 0.6) is 0 Å². The quantitative estimate of drug-likeness (QED) is 0.916. The standard InChI is InChI=1S/C15H19N3O3S/c1-8(15(20)21)7-18(10-4-5-10)13(19)12-6-11-9(2)16-17(3)14(11)22-12/h6,8,10H,4-5,7H2,1-3H3,(H,20,21). The molecule has 1 atom stereocenters. The second-order valence-corrected chi connectivity index (χ2v) is 7.00. The molecule has 0 aliphatic heterocycles. The van der Waals surface area contributed by atoms with Crippen molar-refractivity contribution >= 4 is 33.4 Å². The van der Waals surface area contributed by atoms with Crippen molar-refractivity contribution in [3.63, 3.8) is 0 Å². The Balaban J connectivity index is 1.88. The molecule has 2 heterocycles. The summed E-state index contributed by atoms with van der Waals surface area (Å²) >= 11 is 1.42. The van der Waals surface area contributed by atoms with Gasteiger partial charge >= 0.3 is 5.97 Å². The maximum Gasteiger partial charge on any atom is 0.308 e. The van der Waals surface area contributed by atoms with Gasteiger partial charge in [-0.3, -0.25) is 14.3 Å². The number of thiophene rings is 1. The fourth-order valence-corrected chi connectivity index (χ4v) is 3.69. The van der Waals surface area contributed by atoms with E-state index in [1.807, 2.05) is 20.0 Å². The van der Waals surface area contributed by atoms with Gasteiger partial charge < -0.3 is 10.0 Å². The molecule has 22 heavy (non-hydrogen) atoms. The number of carboxylic acid groups (broad SMARTS) is 1. The van der Waals surface area contributed by atoms with E-state index in [1.165, 1.54) is 11.3 Å². The van der Waals surface area contributed by atoms with Gasteiger partial charge in [-0.1, -0.05) is 6.92 Å². The third kappa shape index (κ3) is 2.61. The lowest BCUT2D eigenvalue weighted by Crippen LogP contribution is -2.38. The molecule has 0 radical (unpaired) electrons. The average Bonchev–Trinajstić information content (AvgIpc) is 3.13. The molecule has 1 unspecified atom stereocenters. The summed E-state index contributed by atoms with van der Waals surface area (Å²) in [6.45, 7) is 3.84. The second kappa shape index (κ2) is 5.39. The highest BCUT2D eigenvalue weighted by Crippen LogP contribution is 2.33. The summed E-state index contributed by atoms with van der Waals surface area (Å²) in [4.78, 5) is 27.2. The highest BCUT2D eigenvalue weighted by molar-refractivity contribution is 7.20. The molecule has 0 bridgehead atoms. The maximum absolute atomic E-state index is 12.8. The van der Waals surface area contributed by atoms with E-state index in [9.17, 15) is 9.59 Å². The molecule has 118 valence electrons. The number of carbonyl (C=O) groups excluding carboxylic acids is 1. The zero-order valence-electron chi connectivity index (χ0n) is 12.9. The molecular weight excluding hydrogens is 302 g/mol. The van der Waals surface area contributed by atoms with Crippen LogP contribution in [0.1, 0.15) is 35.1 Å². The topological polar surface area (TPSA) is 75.4 Å². The summed E-state index contributed by atoms with van der Waals surface area (Å²) < 4.78 is 1.79. The summed E-state index contributed by atoms with van der Waals surface area (Å²) in [6, 6.07) is 2.07. The van der Waals surface area contributed by atoms with Gasteiger partial charge in [0.15, 0.2) is 0 Å². The third-order valence-electron chi connectivity index (χ3n) is 4.05. The molecule has 1 aliphatic rings. The van der Waals surface area contributed by atoms with Crippen LogP contribution < -0.4 is 0 Å². The van der Waals surface area contributed by atoms with Crippen LogP contribution in [-0.2, 0) is 11.8 Å². The Hall–Kier alpha value is -1.89. The van der Waals surface area contributed by atoms with E-state index >= 15 is 0 Å². The van der Waals surface area contributed by atoms with Crippen LogP contribution in [0.2, 0.25) is 0 Å². The molecule has 1 saturated carbocycles. The molecule has 1 amide bonds. The van der Waals surface area contributed by atoms with Crippen LogP contribution >= 0.6 is 11.3 Å². The van der Waals surface area contributed by atoms with Crippen LogP contribution in [0.25, 0.3) is 10.2 Å². The minimum Gasteiger partial charge on any atom is -0.481 e. The average molecular weight is 321 g/mol. The van der Waals surface area contributed by atoms with Gasteiger partial charge in [0.2, 0.25) is 0 Å². The minimum atomic E-state index is -0.866. The van der Waals surface area contributed by atoms with Crippen molar-refractivity contribution in [2.45, 2.75) is 32.7 Å². The van der Waals surface area contributed by atoms with Crippen LogP contribution in [0.3, 0.4) is 0 Å².